The molecular weight excluding hydrogens is 246 g/mol. The number of carbonyl (C=O) groups excluding carboxylic acids is 1. The highest BCUT2D eigenvalue weighted by atomic mass is 16.2. The predicted octanol–water partition coefficient (Wildman–Crippen LogP) is 3.68. The molecule has 1 amide bonds. The second-order valence-electron chi connectivity index (χ2n) is 8.12. The van der Waals surface area contributed by atoms with Crippen LogP contribution < -0.4 is 5.32 Å². The SMILES string of the molecule is C[C@]12CCCC=C1CC[C@@H]1[C@@H]2CC[C@]2(C)C(=O)NC[C@@H]12. The largest absolute Gasteiger partial charge is 0.355 e. The van der Waals surface area contributed by atoms with Crippen LogP contribution in [0.1, 0.15) is 58.8 Å². The van der Waals surface area contributed by atoms with Crippen LogP contribution in [0.2, 0.25) is 0 Å². The zero-order valence-corrected chi connectivity index (χ0v) is 12.9. The van der Waals surface area contributed by atoms with Gasteiger partial charge in [0, 0.05) is 6.54 Å². The van der Waals surface area contributed by atoms with E-state index in [1.807, 2.05) is 0 Å². The third kappa shape index (κ3) is 1.48. The van der Waals surface area contributed by atoms with E-state index in [-0.39, 0.29) is 5.41 Å². The van der Waals surface area contributed by atoms with E-state index in [1.54, 1.807) is 5.57 Å². The van der Waals surface area contributed by atoms with Crippen LogP contribution in [0.15, 0.2) is 11.6 Å². The number of fused-ring (bicyclic) bond motifs is 5. The van der Waals surface area contributed by atoms with Gasteiger partial charge < -0.3 is 5.32 Å². The fraction of sp³-hybridized carbons (Fsp3) is 0.833. The van der Waals surface area contributed by atoms with Gasteiger partial charge in [-0.1, -0.05) is 25.5 Å². The highest BCUT2D eigenvalue weighted by Gasteiger charge is 2.58. The molecule has 4 aliphatic rings. The first-order chi connectivity index (χ1) is 9.56. The van der Waals surface area contributed by atoms with Gasteiger partial charge in [0.05, 0.1) is 5.41 Å². The van der Waals surface area contributed by atoms with Gasteiger partial charge >= 0.3 is 0 Å². The van der Waals surface area contributed by atoms with Gasteiger partial charge in [-0.25, -0.2) is 0 Å². The Morgan fingerprint density at radius 2 is 2.00 bits per heavy atom. The molecule has 0 spiro atoms. The molecule has 1 saturated heterocycles. The summed E-state index contributed by atoms with van der Waals surface area (Å²) in [6.45, 7) is 5.69. The molecule has 2 nitrogen and oxygen atoms in total. The Balaban J connectivity index is 1.70. The molecular formula is C18H27NO. The van der Waals surface area contributed by atoms with Crippen molar-refractivity contribution in [3.8, 4) is 0 Å². The lowest BCUT2D eigenvalue weighted by molar-refractivity contribution is -0.133. The van der Waals surface area contributed by atoms with Gasteiger partial charge in [0.1, 0.15) is 0 Å². The Morgan fingerprint density at radius 1 is 1.15 bits per heavy atom. The average Bonchev–Trinajstić information content (AvgIpc) is 2.74. The van der Waals surface area contributed by atoms with E-state index < -0.39 is 0 Å². The molecule has 4 rings (SSSR count). The van der Waals surface area contributed by atoms with Crippen molar-refractivity contribution >= 4 is 5.91 Å². The lowest BCUT2D eigenvalue weighted by atomic mass is 9.47. The van der Waals surface area contributed by atoms with Gasteiger partial charge in [-0.15, -0.1) is 0 Å². The van der Waals surface area contributed by atoms with Crippen molar-refractivity contribution in [1.29, 1.82) is 0 Å². The maximum absolute atomic E-state index is 12.2. The average molecular weight is 273 g/mol. The Labute approximate surface area is 122 Å². The minimum atomic E-state index is -0.0621. The minimum Gasteiger partial charge on any atom is -0.355 e. The first kappa shape index (κ1) is 12.9. The quantitative estimate of drug-likeness (QED) is 0.670. The lowest BCUT2D eigenvalue weighted by Gasteiger charge is -2.56. The molecule has 1 aliphatic heterocycles. The van der Waals surface area contributed by atoms with E-state index in [0.29, 0.717) is 17.2 Å². The summed E-state index contributed by atoms with van der Waals surface area (Å²) >= 11 is 0. The van der Waals surface area contributed by atoms with Crippen molar-refractivity contribution < 1.29 is 4.79 Å². The molecule has 0 radical (unpaired) electrons. The molecule has 0 aromatic rings. The molecule has 2 heteroatoms. The smallest absolute Gasteiger partial charge is 0.226 e. The van der Waals surface area contributed by atoms with E-state index in [4.69, 9.17) is 0 Å². The van der Waals surface area contributed by atoms with Gasteiger partial charge in [-0.2, -0.15) is 0 Å². The first-order valence-electron chi connectivity index (χ1n) is 8.53. The molecule has 2 saturated carbocycles. The van der Waals surface area contributed by atoms with Gasteiger partial charge in [0.25, 0.3) is 0 Å². The molecule has 0 aromatic carbocycles. The van der Waals surface area contributed by atoms with Crippen molar-refractivity contribution in [1.82, 2.24) is 5.32 Å². The molecule has 3 fully saturated rings. The fourth-order valence-electron chi connectivity index (χ4n) is 6.14. The lowest BCUT2D eigenvalue weighted by Crippen LogP contribution is -2.50. The standard InChI is InChI=1S/C18H27NO/c1-17-9-4-3-5-12(17)6-7-13-14(17)8-10-18(2)15(13)11-19-16(18)20/h5,13-15H,3-4,6-11H2,1-2H3,(H,19,20)/t13-,14+,15+,17+,18+/m1/s1. The zero-order valence-electron chi connectivity index (χ0n) is 12.9. The summed E-state index contributed by atoms with van der Waals surface area (Å²) in [6, 6.07) is 0. The summed E-state index contributed by atoms with van der Waals surface area (Å²) in [6.07, 6.45) is 11.6. The van der Waals surface area contributed by atoms with Crippen molar-refractivity contribution in [2.45, 2.75) is 58.8 Å². The Morgan fingerprint density at radius 3 is 2.85 bits per heavy atom. The number of hydrogen-bond donors (Lipinski definition) is 1. The highest BCUT2D eigenvalue weighted by Crippen LogP contribution is 2.62. The third-order valence-corrected chi connectivity index (χ3v) is 7.42. The monoisotopic (exact) mass is 273 g/mol. The number of hydrogen-bond acceptors (Lipinski definition) is 1. The van der Waals surface area contributed by atoms with E-state index in [9.17, 15) is 4.79 Å². The Kier molecular flexibility index (Phi) is 2.66. The second kappa shape index (κ2) is 4.11. The van der Waals surface area contributed by atoms with Crippen LogP contribution in [0.4, 0.5) is 0 Å². The second-order valence-corrected chi connectivity index (χ2v) is 8.12. The summed E-state index contributed by atoms with van der Waals surface area (Å²) in [4.78, 5) is 12.2. The van der Waals surface area contributed by atoms with E-state index >= 15 is 0 Å². The molecule has 1 N–H and O–H groups in total. The van der Waals surface area contributed by atoms with Gasteiger partial charge in [0.2, 0.25) is 5.91 Å². The molecule has 0 aromatic heterocycles. The van der Waals surface area contributed by atoms with E-state index in [2.05, 4.69) is 25.2 Å². The normalized spacial score (nSPS) is 50.6. The minimum absolute atomic E-state index is 0.0621. The van der Waals surface area contributed by atoms with Crippen molar-refractivity contribution in [2.75, 3.05) is 6.54 Å². The van der Waals surface area contributed by atoms with Crippen molar-refractivity contribution in [3.63, 3.8) is 0 Å². The van der Waals surface area contributed by atoms with Crippen LogP contribution >= 0.6 is 0 Å². The van der Waals surface area contributed by atoms with Crippen LogP contribution in [0, 0.1) is 28.6 Å². The highest BCUT2D eigenvalue weighted by molar-refractivity contribution is 5.85. The fourth-order valence-corrected chi connectivity index (χ4v) is 6.14. The predicted molar refractivity (Wildman–Crippen MR) is 80.1 cm³/mol. The number of carbonyl (C=O) groups is 1. The van der Waals surface area contributed by atoms with Gasteiger partial charge in [-0.05, 0) is 68.1 Å². The topological polar surface area (TPSA) is 29.1 Å². The molecule has 110 valence electrons. The summed E-state index contributed by atoms with van der Waals surface area (Å²) in [5.74, 6) is 2.52. The molecule has 20 heavy (non-hydrogen) atoms. The maximum Gasteiger partial charge on any atom is 0.226 e. The summed E-state index contributed by atoms with van der Waals surface area (Å²) in [5.41, 5.74) is 2.15. The van der Waals surface area contributed by atoms with Crippen LogP contribution in [0.3, 0.4) is 0 Å². The number of nitrogens with one attached hydrogen (secondary N) is 1. The maximum atomic E-state index is 12.2. The summed E-state index contributed by atoms with van der Waals surface area (Å²) < 4.78 is 0. The zero-order chi connectivity index (χ0) is 14.0. The van der Waals surface area contributed by atoms with Crippen molar-refractivity contribution in [2.24, 2.45) is 28.6 Å². The number of allylic oxidation sites excluding steroid dienone is 2. The van der Waals surface area contributed by atoms with Crippen LogP contribution in [0.25, 0.3) is 0 Å². The number of amides is 1. The number of rotatable bonds is 0. The molecule has 3 aliphatic carbocycles. The van der Waals surface area contributed by atoms with E-state index in [0.717, 1.165) is 24.8 Å². The molecule has 0 bridgehead atoms. The third-order valence-electron chi connectivity index (χ3n) is 7.42. The van der Waals surface area contributed by atoms with Crippen LogP contribution in [0.5, 0.6) is 0 Å². The van der Waals surface area contributed by atoms with E-state index in [1.165, 1.54) is 38.5 Å². The Bertz CT molecular complexity index is 482. The van der Waals surface area contributed by atoms with Gasteiger partial charge in [-0.3, -0.25) is 4.79 Å². The van der Waals surface area contributed by atoms with Crippen LogP contribution in [-0.4, -0.2) is 12.5 Å². The molecule has 5 atom stereocenters. The Hall–Kier alpha value is -0.790. The van der Waals surface area contributed by atoms with Crippen molar-refractivity contribution in [3.05, 3.63) is 11.6 Å². The molecule has 1 heterocycles. The summed E-state index contributed by atoms with van der Waals surface area (Å²) in [5, 5.41) is 3.17. The molecule has 0 unspecified atom stereocenters. The van der Waals surface area contributed by atoms with Gasteiger partial charge in [0.15, 0.2) is 0 Å². The first-order valence-corrected chi connectivity index (χ1v) is 8.53. The summed E-state index contributed by atoms with van der Waals surface area (Å²) in [7, 11) is 0. The van der Waals surface area contributed by atoms with Crippen LogP contribution in [-0.2, 0) is 4.79 Å².